The van der Waals surface area contributed by atoms with Gasteiger partial charge in [-0.2, -0.15) is 0 Å². The maximum atomic E-state index is 12.3. The predicted octanol–water partition coefficient (Wildman–Crippen LogP) is 2.15. The van der Waals surface area contributed by atoms with Gasteiger partial charge >= 0.3 is 5.97 Å². The third-order valence-corrected chi connectivity index (χ3v) is 4.99. The number of ketones is 1. The van der Waals surface area contributed by atoms with Gasteiger partial charge in [0.2, 0.25) is 11.8 Å². The number of carbonyl (C=O) groups is 4. The van der Waals surface area contributed by atoms with Crippen LogP contribution in [-0.4, -0.2) is 48.2 Å². The first kappa shape index (κ1) is 19.8. The molecule has 148 valence electrons. The van der Waals surface area contributed by atoms with Crippen molar-refractivity contribution >= 4 is 23.6 Å². The van der Waals surface area contributed by atoms with Gasteiger partial charge in [0.05, 0.1) is 24.9 Å². The summed E-state index contributed by atoms with van der Waals surface area (Å²) >= 11 is 0. The molecular weight excluding hydrogens is 362 g/mol. The Bertz CT molecular complexity index is 772. The lowest BCUT2D eigenvalue weighted by atomic mass is 9.85. The number of fused-ring (bicyclic) bond motifs is 1. The molecule has 1 aromatic rings. The quantitative estimate of drug-likeness (QED) is 0.295. The molecule has 7 heteroatoms. The van der Waals surface area contributed by atoms with Crippen molar-refractivity contribution in [3.63, 3.8) is 0 Å². The molecule has 1 saturated heterocycles. The van der Waals surface area contributed by atoms with E-state index in [1.165, 1.54) is 0 Å². The van der Waals surface area contributed by atoms with Crippen molar-refractivity contribution in [2.24, 2.45) is 11.8 Å². The smallest absolute Gasteiger partial charge is 0.308 e. The number of imide groups is 1. The summed E-state index contributed by atoms with van der Waals surface area (Å²) < 4.78 is 10.3. The minimum Gasteiger partial charge on any atom is -0.494 e. The Morgan fingerprint density at radius 1 is 1.04 bits per heavy atom. The van der Waals surface area contributed by atoms with Crippen LogP contribution in [0.4, 0.5) is 0 Å². The maximum absolute atomic E-state index is 12.3. The Balaban J connectivity index is 1.45. The van der Waals surface area contributed by atoms with Crippen LogP contribution in [0.3, 0.4) is 0 Å². The molecule has 0 N–H and O–H groups in total. The van der Waals surface area contributed by atoms with Crippen LogP contribution < -0.4 is 4.74 Å². The van der Waals surface area contributed by atoms with Crippen LogP contribution in [0.15, 0.2) is 36.4 Å². The molecule has 1 aliphatic heterocycles. The van der Waals surface area contributed by atoms with Crippen molar-refractivity contribution in [2.75, 3.05) is 19.8 Å². The third kappa shape index (κ3) is 4.30. The largest absolute Gasteiger partial charge is 0.494 e. The highest BCUT2D eigenvalue weighted by molar-refractivity contribution is 6.05. The lowest BCUT2D eigenvalue weighted by molar-refractivity contribution is -0.145. The average Bonchev–Trinajstić information content (AvgIpc) is 2.96. The minimum absolute atomic E-state index is 0.0132. The molecule has 2 amide bonds. The van der Waals surface area contributed by atoms with E-state index in [0.717, 1.165) is 4.90 Å². The molecule has 0 radical (unpaired) electrons. The number of benzene rings is 1. The zero-order chi connectivity index (χ0) is 20.1. The number of likely N-dealkylation sites (tertiary alicyclic amines) is 1. The number of allylic oxidation sites excluding steroid dienone is 2. The van der Waals surface area contributed by atoms with Gasteiger partial charge in [-0.1, -0.05) is 12.2 Å². The van der Waals surface area contributed by atoms with E-state index in [1.807, 2.05) is 19.1 Å². The Hall–Kier alpha value is -2.96. The highest BCUT2D eigenvalue weighted by atomic mass is 16.5. The fourth-order valence-corrected chi connectivity index (χ4v) is 3.50. The van der Waals surface area contributed by atoms with Gasteiger partial charge in [-0.25, -0.2) is 0 Å². The fourth-order valence-electron chi connectivity index (χ4n) is 3.50. The van der Waals surface area contributed by atoms with Crippen LogP contribution in [0, 0.1) is 11.8 Å². The standard InChI is InChI=1S/C21H23NO6/c1-2-27-15-9-7-14(8-10-15)18(23)13-28-19(24)11-12-22-20(25)16-5-3-4-6-17(16)21(22)26/h3-4,7-10,16-17H,2,5-6,11-13H2,1H3/t16-,17-/m1/s1. The number of hydrogen-bond acceptors (Lipinski definition) is 6. The molecule has 28 heavy (non-hydrogen) atoms. The highest BCUT2D eigenvalue weighted by Gasteiger charge is 2.46. The van der Waals surface area contributed by atoms with E-state index in [-0.39, 0.29) is 49.0 Å². The third-order valence-electron chi connectivity index (χ3n) is 4.99. The Kier molecular flexibility index (Phi) is 6.23. The Labute approximate surface area is 163 Å². The number of amides is 2. The zero-order valence-electron chi connectivity index (χ0n) is 15.8. The normalized spacial score (nSPS) is 20.8. The fraction of sp³-hybridized carbons (Fsp3) is 0.429. The Morgan fingerprint density at radius 3 is 2.21 bits per heavy atom. The monoisotopic (exact) mass is 385 g/mol. The Morgan fingerprint density at radius 2 is 1.64 bits per heavy atom. The van der Waals surface area contributed by atoms with Crippen molar-refractivity contribution < 1.29 is 28.7 Å². The van der Waals surface area contributed by atoms with Crippen molar-refractivity contribution in [3.05, 3.63) is 42.0 Å². The summed E-state index contributed by atoms with van der Waals surface area (Å²) in [6.45, 7) is 2.00. The molecule has 0 aromatic heterocycles. The van der Waals surface area contributed by atoms with E-state index in [4.69, 9.17) is 9.47 Å². The number of carbonyl (C=O) groups excluding carboxylic acids is 4. The number of rotatable bonds is 8. The van der Waals surface area contributed by atoms with Crippen LogP contribution in [-0.2, 0) is 19.1 Å². The summed E-state index contributed by atoms with van der Waals surface area (Å²) in [7, 11) is 0. The average molecular weight is 385 g/mol. The second-order valence-electron chi connectivity index (χ2n) is 6.78. The molecule has 1 aromatic carbocycles. The topological polar surface area (TPSA) is 90.0 Å². The molecule has 3 rings (SSSR count). The van der Waals surface area contributed by atoms with Crippen LogP contribution >= 0.6 is 0 Å². The molecule has 2 aliphatic rings. The van der Waals surface area contributed by atoms with Crippen LogP contribution in [0.5, 0.6) is 5.75 Å². The van der Waals surface area contributed by atoms with Gasteiger partial charge in [-0.3, -0.25) is 24.1 Å². The maximum Gasteiger partial charge on any atom is 0.308 e. The summed E-state index contributed by atoms with van der Waals surface area (Å²) in [5.74, 6) is -1.36. The molecule has 0 saturated carbocycles. The van der Waals surface area contributed by atoms with Crippen molar-refractivity contribution in [1.82, 2.24) is 4.90 Å². The molecule has 7 nitrogen and oxygen atoms in total. The van der Waals surface area contributed by atoms with Crippen LogP contribution in [0.2, 0.25) is 0 Å². The molecular formula is C21H23NO6. The molecule has 0 unspecified atom stereocenters. The van der Waals surface area contributed by atoms with Crippen molar-refractivity contribution in [2.45, 2.75) is 26.2 Å². The van der Waals surface area contributed by atoms with Gasteiger partial charge < -0.3 is 9.47 Å². The molecule has 1 fully saturated rings. The number of nitrogens with zero attached hydrogens (tertiary/aromatic N) is 1. The number of Topliss-reactive ketones (excluding diaryl/α,β-unsaturated/α-hetero) is 1. The first-order valence-corrected chi connectivity index (χ1v) is 9.43. The van der Waals surface area contributed by atoms with Gasteiger partial charge in [-0.15, -0.1) is 0 Å². The second kappa shape index (κ2) is 8.82. The zero-order valence-corrected chi connectivity index (χ0v) is 15.8. The molecule has 2 atom stereocenters. The number of esters is 1. The van der Waals surface area contributed by atoms with Crippen LogP contribution in [0.1, 0.15) is 36.5 Å². The molecule has 1 aliphatic carbocycles. The van der Waals surface area contributed by atoms with E-state index in [9.17, 15) is 19.2 Å². The van der Waals surface area contributed by atoms with Gasteiger partial charge in [0, 0.05) is 12.1 Å². The molecule has 0 bridgehead atoms. The summed E-state index contributed by atoms with van der Waals surface area (Å²) in [4.78, 5) is 49.9. The number of hydrogen-bond donors (Lipinski definition) is 0. The van der Waals surface area contributed by atoms with E-state index < -0.39 is 5.97 Å². The van der Waals surface area contributed by atoms with E-state index in [2.05, 4.69) is 0 Å². The lowest BCUT2D eigenvalue weighted by Gasteiger charge is -2.14. The highest BCUT2D eigenvalue weighted by Crippen LogP contribution is 2.35. The molecule has 0 spiro atoms. The van der Waals surface area contributed by atoms with Crippen molar-refractivity contribution in [3.8, 4) is 5.75 Å². The van der Waals surface area contributed by atoms with E-state index in [1.54, 1.807) is 24.3 Å². The summed E-state index contributed by atoms with van der Waals surface area (Å²) in [6.07, 6.45) is 4.83. The number of ether oxygens (including phenoxy) is 2. The van der Waals surface area contributed by atoms with Gasteiger partial charge in [0.15, 0.2) is 12.4 Å². The predicted molar refractivity (Wildman–Crippen MR) is 99.6 cm³/mol. The first-order valence-electron chi connectivity index (χ1n) is 9.43. The SMILES string of the molecule is CCOc1ccc(C(=O)COC(=O)CCN2C(=O)[C@@H]3CC=CC[C@H]3C2=O)cc1. The van der Waals surface area contributed by atoms with E-state index >= 15 is 0 Å². The molecule has 1 heterocycles. The summed E-state index contributed by atoms with van der Waals surface area (Å²) in [5, 5.41) is 0. The van der Waals surface area contributed by atoms with Gasteiger partial charge in [0.25, 0.3) is 0 Å². The lowest BCUT2D eigenvalue weighted by Crippen LogP contribution is -2.33. The van der Waals surface area contributed by atoms with Crippen molar-refractivity contribution in [1.29, 1.82) is 0 Å². The first-order chi connectivity index (χ1) is 13.5. The van der Waals surface area contributed by atoms with E-state index in [0.29, 0.717) is 30.8 Å². The summed E-state index contributed by atoms with van der Waals surface area (Å²) in [6, 6.07) is 6.58. The summed E-state index contributed by atoms with van der Waals surface area (Å²) in [5.41, 5.74) is 0.415. The second-order valence-corrected chi connectivity index (χ2v) is 6.78. The minimum atomic E-state index is -0.618. The van der Waals surface area contributed by atoms with Gasteiger partial charge in [-0.05, 0) is 44.0 Å². The van der Waals surface area contributed by atoms with Crippen LogP contribution in [0.25, 0.3) is 0 Å². The van der Waals surface area contributed by atoms with Gasteiger partial charge in [0.1, 0.15) is 5.75 Å².